The van der Waals surface area contributed by atoms with Crippen LogP contribution < -0.4 is 14.2 Å². The molecular weight excluding hydrogens is 512 g/mol. The summed E-state index contributed by atoms with van der Waals surface area (Å²) in [4.78, 5) is 13.3. The Kier molecular flexibility index (Phi) is 10.7. The maximum Gasteiger partial charge on any atom is 0.201 e. The number of ketones is 1. The Hall–Kier alpha value is -3.73. The second-order valence-electron chi connectivity index (χ2n) is 11.2. The van der Waals surface area contributed by atoms with Crippen LogP contribution in [0.1, 0.15) is 93.9 Å². The van der Waals surface area contributed by atoms with E-state index in [2.05, 4.69) is 34.6 Å². The monoisotopic (exact) mass is 558 g/mol. The van der Waals surface area contributed by atoms with Crippen LogP contribution in [-0.4, -0.2) is 25.1 Å². The number of rotatable bonds is 5. The number of hydrogen-bond acceptors (Lipinski definition) is 5. The zero-order valence-electron chi connectivity index (χ0n) is 26.2. The molecule has 0 heterocycles. The van der Waals surface area contributed by atoms with E-state index < -0.39 is 0 Å². The van der Waals surface area contributed by atoms with E-state index in [9.17, 15) is 9.90 Å². The van der Waals surface area contributed by atoms with E-state index in [0.717, 1.165) is 17.0 Å². The van der Waals surface area contributed by atoms with Crippen LogP contribution in [0.2, 0.25) is 0 Å². The summed E-state index contributed by atoms with van der Waals surface area (Å²) >= 11 is 0. The third-order valence-corrected chi connectivity index (χ3v) is 8.47. The van der Waals surface area contributed by atoms with E-state index in [-0.39, 0.29) is 17.1 Å². The van der Waals surface area contributed by atoms with Crippen molar-refractivity contribution in [2.45, 2.75) is 74.3 Å². The number of aromatic hydroxyl groups is 1. The van der Waals surface area contributed by atoms with E-state index in [1.165, 1.54) is 18.9 Å². The van der Waals surface area contributed by atoms with Crippen molar-refractivity contribution >= 4 is 5.78 Å². The molecule has 2 aliphatic carbocycles. The maximum atomic E-state index is 13.3. The van der Waals surface area contributed by atoms with Crippen LogP contribution in [0.5, 0.6) is 23.0 Å². The maximum absolute atomic E-state index is 13.3. The van der Waals surface area contributed by atoms with Gasteiger partial charge in [-0.15, -0.1) is 0 Å². The second-order valence-corrected chi connectivity index (χ2v) is 11.2. The van der Waals surface area contributed by atoms with Crippen molar-refractivity contribution in [2.75, 3.05) is 14.2 Å². The lowest BCUT2D eigenvalue weighted by Gasteiger charge is -2.35. The zero-order valence-corrected chi connectivity index (χ0v) is 26.2. The van der Waals surface area contributed by atoms with Gasteiger partial charge in [-0.25, -0.2) is 0 Å². The molecule has 0 aromatic heterocycles. The van der Waals surface area contributed by atoms with Crippen LogP contribution in [0.4, 0.5) is 0 Å². The summed E-state index contributed by atoms with van der Waals surface area (Å²) in [6, 6.07) is 16.4. The third kappa shape index (κ3) is 6.95. The minimum absolute atomic E-state index is 0.0590. The van der Waals surface area contributed by atoms with E-state index in [0.29, 0.717) is 46.8 Å². The lowest BCUT2D eigenvalue weighted by atomic mass is 9.70. The van der Waals surface area contributed by atoms with Gasteiger partial charge in [-0.05, 0) is 67.3 Å². The van der Waals surface area contributed by atoms with Gasteiger partial charge in [0.25, 0.3) is 0 Å². The Labute approximate surface area is 246 Å². The van der Waals surface area contributed by atoms with E-state index in [4.69, 9.17) is 14.2 Å². The average Bonchev–Trinajstić information content (AvgIpc) is 2.99. The average molecular weight is 559 g/mol. The number of fused-ring (bicyclic) bond motifs is 2. The van der Waals surface area contributed by atoms with Gasteiger partial charge in [-0.3, -0.25) is 4.79 Å². The Morgan fingerprint density at radius 2 is 1.61 bits per heavy atom. The van der Waals surface area contributed by atoms with Crippen LogP contribution in [-0.2, 0) is 13.0 Å². The Morgan fingerprint density at radius 1 is 0.927 bits per heavy atom. The minimum Gasteiger partial charge on any atom is -0.507 e. The van der Waals surface area contributed by atoms with Crippen molar-refractivity contribution in [3.05, 3.63) is 93.6 Å². The molecule has 0 radical (unpaired) electrons. The molecule has 41 heavy (non-hydrogen) atoms. The molecule has 3 aromatic rings. The predicted octanol–water partition coefficient (Wildman–Crippen LogP) is 8.93. The topological polar surface area (TPSA) is 65.0 Å². The van der Waals surface area contributed by atoms with Crippen molar-refractivity contribution in [3.63, 3.8) is 0 Å². The van der Waals surface area contributed by atoms with Gasteiger partial charge >= 0.3 is 0 Å². The van der Waals surface area contributed by atoms with Crippen LogP contribution in [0.25, 0.3) is 0 Å². The number of methoxy groups -OCH3 is 2. The molecule has 5 rings (SSSR count). The van der Waals surface area contributed by atoms with Crippen molar-refractivity contribution in [1.82, 2.24) is 0 Å². The van der Waals surface area contributed by atoms with Crippen molar-refractivity contribution < 1.29 is 24.1 Å². The molecule has 1 N–H and O–H groups in total. The fourth-order valence-electron chi connectivity index (χ4n) is 5.45. The van der Waals surface area contributed by atoms with Gasteiger partial charge in [0.15, 0.2) is 0 Å². The first-order valence-corrected chi connectivity index (χ1v) is 14.6. The molecule has 0 saturated heterocycles. The molecule has 0 spiro atoms. The molecule has 5 heteroatoms. The molecule has 2 aliphatic rings. The number of benzene rings is 3. The van der Waals surface area contributed by atoms with Crippen LogP contribution >= 0.6 is 0 Å². The highest BCUT2D eigenvalue weighted by Crippen LogP contribution is 2.43. The highest BCUT2D eigenvalue weighted by molar-refractivity contribution is 6.16. The van der Waals surface area contributed by atoms with Crippen LogP contribution in [0, 0.1) is 11.3 Å². The number of allylic oxidation sites excluding steroid dienone is 2. The lowest BCUT2D eigenvalue weighted by molar-refractivity contribution is 0.102. The largest absolute Gasteiger partial charge is 0.507 e. The molecule has 1 atom stereocenters. The van der Waals surface area contributed by atoms with Gasteiger partial charge in [0.05, 0.1) is 25.3 Å². The molecule has 0 bridgehead atoms. The van der Waals surface area contributed by atoms with Crippen molar-refractivity contribution in [3.8, 4) is 23.0 Å². The first-order chi connectivity index (χ1) is 19.6. The highest BCUT2D eigenvalue weighted by atomic mass is 16.5. The van der Waals surface area contributed by atoms with Gasteiger partial charge in [0.2, 0.25) is 5.78 Å². The van der Waals surface area contributed by atoms with E-state index in [1.54, 1.807) is 37.5 Å². The summed E-state index contributed by atoms with van der Waals surface area (Å²) in [5.74, 6) is 2.10. The van der Waals surface area contributed by atoms with Gasteiger partial charge < -0.3 is 19.3 Å². The summed E-state index contributed by atoms with van der Waals surface area (Å²) in [5, 5.41) is 10.3. The molecule has 0 amide bonds. The molecule has 5 nitrogen and oxygen atoms in total. The van der Waals surface area contributed by atoms with Gasteiger partial charge in [-0.2, -0.15) is 0 Å². The Morgan fingerprint density at radius 3 is 2.22 bits per heavy atom. The number of carbonyl (C=O) groups is 1. The molecule has 0 unspecified atom stereocenters. The fraction of sp³-hybridized carbons (Fsp3) is 0.417. The summed E-state index contributed by atoms with van der Waals surface area (Å²) in [5.41, 5.74) is 6.88. The van der Waals surface area contributed by atoms with Crippen LogP contribution in [0.3, 0.4) is 0 Å². The van der Waals surface area contributed by atoms with Gasteiger partial charge in [0.1, 0.15) is 29.6 Å². The van der Waals surface area contributed by atoms with Crippen molar-refractivity contribution in [2.24, 2.45) is 11.3 Å². The Balaban J connectivity index is 0.000000299. The smallest absolute Gasteiger partial charge is 0.201 e. The Bertz CT molecular complexity index is 1380. The molecule has 0 aliphatic heterocycles. The molecule has 220 valence electrons. The highest BCUT2D eigenvalue weighted by Gasteiger charge is 2.32. The number of phenols is 1. The van der Waals surface area contributed by atoms with E-state index >= 15 is 0 Å². The molecule has 0 fully saturated rings. The molecule has 3 aromatic carbocycles. The number of ether oxygens (including phenoxy) is 3. The first kappa shape index (κ1) is 31.8. The summed E-state index contributed by atoms with van der Waals surface area (Å²) < 4.78 is 16.8. The SMILES string of the molecule is CC.CC1=C(C)C(C)(C)CC[C@H]1C.COc1cc2c(c(OCc3ccccc3)c1)C(=O)c1c(O)ccc(OC)c1C2. The van der Waals surface area contributed by atoms with E-state index in [1.807, 2.05) is 50.2 Å². The van der Waals surface area contributed by atoms with Gasteiger partial charge in [-0.1, -0.05) is 76.1 Å². The fourth-order valence-corrected chi connectivity index (χ4v) is 5.45. The molecular formula is C36H46O5. The number of phenolic OH excluding ortho intramolecular Hbond substituents is 1. The number of hydrogen-bond donors (Lipinski definition) is 1. The standard InChI is InChI=1S/C23H20O5.C11H20.C2H6/c1-26-16-10-15-11-17-19(27-2)9-8-18(24)22(17)23(25)21(15)20(12-16)28-13-14-6-4-3-5-7-14;1-8-6-7-11(4,5)10(3)9(8)2;1-2/h3-10,12,24H,11,13H2,1-2H3;8H,6-7H2,1-5H3;1-2H3/t;8-;/m.1./s1. The second kappa shape index (κ2) is 13.8. The normalized spacial score (nSPS) is 16.7. The predicted molar refractivity (Wildman–Crippen MR) is 167 cm³/mol. The summed E-state index contributed by atoms with van der Waals surface area (Å²) in [6.07, 6.45) is 3.17. The number of carbonyl (C=O) groups excluding carboxylic acids is 1. The first-order valence-electron chi connectivity index (χ1n) is 14.6. The van der Waals surface area contributed by atoms with Crippen molar-refractivity contribution in [1.29, 1.82) is 0 Å². The van der Waals surface area contributed by atoms with Gasteiger partial charge in [0, 0.05) is 18.1 Å². The third-order valence-electron chi connectivity index (χ3n) is 8.47. The minimum atomic E-state index is -0.279. The zero-order chi connectivity index (χ0) is 30.3. The summed E-state index contributed by atoms with van der Waals surface area (Å²) in [7, 11) is 3.13. The summed E-state index contributed by atoms with van der Waals surface area (Å²) in [6.45, 7) is 16.0. The lowest BCUT2D eigenvalue weighted by Crippen LogP contribution is -2.22. The molecule has 0 saturated carbocycles. The van der Waals surface area contributed by atoms with Crippen LogP contribution in [0.15, 0.2) is 65.7 Å². The quantitative estimate of drug-likeness (QED) is 0.248.